The van der Waals surface area contributed by atoms with Gasteiger partial charge in [0.2, 0.25) is 11.0 Å². The average Bonchev–Trinajstić information content (AvgIpc) is 3.14. The average molecular weight is 326 g/mol. The van der Waals surface area contributed by atoms with Gasteiger partial charge in [0, 0.05) is 23.4 Å². The van der Waals surface area contributed by atoms with Gasteiger partial charge in [-0.25, -0.2) is 4.98 Å². The molecule has 2 heterocycles. The van der Waals surface area contributed by atoms with E-state index in [0.29, 0.717) is 12.2 Å². The smallest absolute Gasteiger partial charge is 0.225 e. The Hall–Kier alpha value is -2.47. The molecule has 0 unspecified atom stereocenters. The molecule has 0 atom stereocenters. The minimum Gasteiger partial charge on any atom is -0.311 e. The third kappa shape index (κ3) is 3.32. The molecule has 6 heteroatoms. The predicted molar refractivity (Wildman–Crippen MR) is 93.1 cm³/mol. The molecule has 0 saturated carbocycles. The zero-order valence-corrected chi connectivity index (χ0v) is 14.1. The third-order valence-electron chi connectivity index (χ3n) is 3.44. The van der Waals surface area contributed by atoms with Crippen molar-refractivity contribution in [3.8, 4) is 16.4 Å². The summed E-state index contributed by atoms with van der Waals surface area (Å²) >= 11 is 1.50. The van der Waals surface area contributed by atoms with Crippen molar-refractivity contribution in [2.24, 2.45) is 0 Å². The van der Waals surface area contributed by atoms with Crippen LogP contribution >= 0.6 is 11.3 Å². The fraction of sp³-hybridized carbons (Fsp3) is 0.235. The largest absolute Gasteiger partial charge is 0.311 e. The number of nitrogens with zero attached hydrogens (tertiary/aromatic N) is 3. The lowest BCUT2D eigenvalue weighted by Gasteiger charge is -2.04. The molecule has 0 aliphatic carbocycles. The van der Waals surface area contributed by atoms with Crippen LogP contribution in [0.15, 0.2) is 35.7 Å². The molecule has 0 saturated heterocycles. The maximum atomic E-state index is 11.7. The first-order chi connectivity index (χ1) is 11.1. The van der Waals surface area contributed by atoms with E-state index in [1.165, 1.54) is 16.9 Å². The minimum absolute atomic E-state index is 0.0403. The van der Waals surface area contributed by atoms with Crippen molar-refractivity contribution in [1.29, 1.82) is 0 Å². The van der Waals surface area contributed by atoms with Crippen LogP contribution in [0.2, 0.25) is 0 Å². The fourth-order valence-corrected chi connectivity index (χ4v) is 2.98. The van der Waals surface area contributed by atoms with Gasteiger partial charge < -0.3 is 5.32 Å². The molecule has 0 radical (unpaired) electrons. The van der Waals surface area contributed by atoms with Crippen LogP contribution in [0.3, 0.4) is 0 Å². The lowest BCUT2D eigenvalue weighted by atomic mass is 10.1. The summed E-state index contributed by atoms with van der Waals surface area (Å²) in [6, 6.07) is 10.1. The minimum atomic E-state index is -0.0403. The summed E-state index contributed by atoms with van der Waals surface area (Å²) in [6.45, 7) is 5.78. The standard InChI is InChI=1S/C17H18N4OS/c1-4-16(22)19-15-9-12(3)20-21(15)17-18-14(10-23-17)13-7-5-11(2)6-8-13/h5-10H,4H2,1-3H3,(H,19,22). The van der Waals surface area contributed by atoms with Gasteiger partial charge in [0.05, 0.1) is 11.4 Å². The Kier molecular flexibility index (Phi) is 4.25. The third-order valence-corrected chi connectivity index (χ3v) is 4.26. The van der Waals surface area contributed by atoms with Gasteiger partial charge in [-0.2, -0.15) is 9.78 Å². The van der Waals surface area contributed by atoms with Crippen molar-refractivity contribution in [2.75, 3.05) is 5.32 Å². The monoisotopic (exact) mass is 326 g/mol. The summed E-state index contributed by atoms with van der Waals surface area (Å²) in [5, 5.41) is 10.0. The fourth-order valence-electron chi connectivity index (χ4n) is 2.18. The SMILES string of the molecule is CCC(=O)Nc1cc(C)nn1-c1nc(-c2ccc(C)cc2)cs1. The molecule has 1 aromatic carbocycles. The highest BCUT2D eigenvalue weighted by atomic mass is 32.1. The lowest BCUT2D eigenvalue weighted by Crippen LogP contribution is -2.13. The molecule has 5 nitrogen and oxygen atoms in total. The molecule has 118 valence electrons. The summed E-state index contributed by atoms with van der Waals surface area (Å²) < 4.78 is 1.69. The molecule has 3 rings (SSSR count). The summed E-state index contributed by atoms with van der Waals surface area (Å²) in [5.41, 5.74) is 4.03. The Labute approximate surface area is 139 Å². The summed E-state index contributed by atoms with van der Waals surface area (Å²) in [4.78, 5) is 16.3. The Bertz CT molecular complexity index is 833. The number of amides is 1. The first kappa shape index (κ1) is 15.4. The molecule has 1 N–H and O–H groups in total. The Morgan fingerprint density at radius 1 is 1.26 bits per heavy atom. The highest BCUT2D eigenvalue weighted by molar-refractivity contribution is 7.12. The number of aromatic nitrogens is 3. The van der Waals surface area contributed by atoms with Gasteiger partial charge in [0.15, 0.2) is 0 Å². The van der Waals surface area contributed by atoms with E-state index in [9.17, 15) is 4.79 Å². The van der Waals surface area contributed by atoms with Gasteiger partial charge in [0.1, 0.15) is 5.82 Å². The van der Waals surface area contributed by atoms with E-state index in [0.717, 1.165) is 22.1 Å². The number of carbonyl (C=O) groups excluding carboxylic acids is 1. The zero-order chi connectivity index (χ0) is 16.4. The quantitative estimate of drug-likeness (QED) is 0.789. The van der Waals surface area contributed by atoms with E-state index in [2.05, 4.69) is 46.6 Å². The Morgan fingerprint density at radius 2 is 2.00 bits per heavy atom. The van der Waals surface area contributed by atoms with Crippen LogP contribution in [0.1, 0.15) is 24.6 Å². The van der Waals surface area contributed by atoms with Crippen LogP contribution in [-0.2, 0) is 4.79 Å². The molecular weight excluding hydrogens is 308 g/mol. The van der Waals surface area contributed by atoms with E-state index in [-0.39, 0.29) is 5.91 Å². The van der Waals surface area contributed by atoms with Crippen molar-refractivity contribution in [1.82, 2.24) is 14.8 Å². The molecule has 2 aromatic heterocycles. The number of nitrogens with one attached hydrogen (secondary N) is 1. The summed E-state index contributed by atoms with van der Waals surface area (Å²) in [7, 11) is 0. The van der Waals surface area contributed by atoms with Crippen LogP contribution in [0, 0.1) is 13.8 Å². The van der Waals surface area contributed by atoms with E-state index in [4.69, 9.17) is 0 Å². The van der Waals surface area contributed by atoms with Crippen LogP contribution in [0.5, 0.6) is 0 Å². The number of hydrogen-bond donors (Lipinski definition) is 1. The number of rotatable bonds is 4. The van der Waals surface area contributed by atoms with Crippen LogP contribution in [0.4, 0.5) is 5.82 Å². The topological polar surface area (TPSA) is 59.8 Å². The van der Waals surface area contributed by atoms with Crippen molar-refractivity contribution in [2.45, 2.75) is 27.2 Å². The zero-order valence-electron chi connectivity index (χ0n) is 13.3. The molecular formula is C17H18N4OS. The first-order valence-electron chi connectivity index (χ1n) is 7.46. The van der Waals surface area contributed by atoms with Crippen molar-refractivity contribution in [3.05, 3.63) is 47.0 Å². The summed E-state index contributed by atoms with van der Waals surface area (Å²) in [5.74, 6) is 0.612. The molecule has 1 amide bonds. The highest BCUT2D eigenvalue weighted by Gasteiger charge is 2.13. The molecule has 3 aromatic rings. The van der Waals surface area contributed by atoms with E-state index in [1.807, 2.05) is 25.3 Å². The number of thiazole rings is 1. The van der Waals surface area contributed by atoms with Crippen molar-refractivity contribution < 1.29 is 4.79 Å². The normalized spacial score (nSPS) is 10.7. The molecule has 0 spiro atoms. The lowest BCUT2D eigenvalue weighted by molar-refractivity contribution is -0.115. The molecule has 23 heavy (non-hydrogen) atoms. The number of benzene rings is 1. The highest BCUT2D eigenvalue weighted by Crippen LogP contribution is 2.26. The Morgan fingerprint density at radius 3 is 2.70 bits per heavy atom. The molecule has 0 bridgehead atoms. The van der Waals surface area contributed by atoms with Crippen LogP contribution in [-0.4, -0.2) is 20.7 Å². The number of hydrogen-bond acceptors (Lipinski definition) is 4. The second-order valence-electron chi connectivity index (χ2n) is 5.37. The van der Waals surface area contributed by atoms with Gasteiger partial charge in [-0.3, -0.25) is 4.79 Å². The van der Waals surface area contributed by atoms with Gasteiger partial charge in [0.25, 0.3) is 0 Å². The van der Waals surface area contributed by atoms with Crippen LogP contribution < -0.4 is 5.32 Å². The van der Waals surface area contributed by atoms with E-state index in [1.54, 1.807) is 4.68 Å². The van der Waals surface area contributed by atoms with Crippen molar-refractivity contribution in [3.63, 3.8) is 0 Å². The van der Waals surface area contributed by atoms with E-state index < -0.39 is 0 Å². The summed E-state index contributed by atoms with van der Waals surface area (Å²) in [6.07, 6.45) is 0.427. The molecule has 0 fully saturated rings. The first-order valence-corrected chi connectivity index (χ1v) is 8.34. The molecule has 0 aliphatic heterocycles. The maximum Gasteiger partial charge on any atom is 0.225 e. The second kappa shape index (κ2) is 6.34. The van der Waals surface area contributed by atoms with Gasteiger partial charge in [-0.05, 0) is 13.8 Å². The van der Waals surface area contributed by atoms with Crippen LogP contribution in [0.25, 0.3) is 16.4 Å². The van der Waals surface area contributed by atoms with Gasteiger partial charge in [-0.15, -0.1) is 11.3 Å². The second-order valence-corrected chi connectivity index (χ2v) is 6.20. The maximum absolute atomic E-state index is 11.7. The number of aryl methyl sites for hydroxylation is 2. The van der Waals surface area contributed by atoms with Gasteiger partial charge in [-0.1, -0.05) is 36.8 Å². The number of carbonyl (C=O) groups is 1. The number of anilines is 1. The Balaban J connectivity index is 1.94. The van der Waals surface area contributed by atoms with E-state index >= 15 is 0 Å². The van der Waals surface area contributed by atoms with Crippen molar-refractivity contribution >= 4 is 23.1 Å². The van der Waals surface area contributed by atoms with Gasteiger partial charge >= 0.3 is 0 Å². The predicted octanol–water partition coefficient (Wildman–Crippen LogP) is 3.96. The molecule has 0 aliphatic rings.